The number of nitrogens with one attached hydrogen (secondary N) is 4. The molecule has 2 aromatic carbocycles. The topological polar surface area (TPSA) is 162 Å². The fourth-order valence-electron chi connectivity index (χ4n) is 7.44. The number of aromatic nitrogens is 3. The van der Waals surface area contributed by atoms with Crippen molar-refractivity contribution in [3.05, 3.63) is 83.7 Å². The van der Waals surface area contributed by atoms with Gasteiger partial charge in [0.05, 0.1) is 11.3 Å². The first-order valence-corrected chi connectivity index (χ1v) is 20.4. The van der Waals surface area contributed by atoms with E-state index in [9.17, 15) is 28.0 Å². The number of rotatable bonds is 16. The molecule has 2 saturated heterocycles. The number of anilines is 2. The van der Waals surface area contributed by atoms with Gasteiger partial charge in [0.1, 0.15) is 17.6 Å². The van der Waals surface area contributed by atoms with E-state index in [-0.39, 0.29) is 24.0 Å². The van der Waals surface area contributed by atoms with Gasteiger partial charge in [-0.15, -0.1) is 20.5 Å². The number of nitrogens with zero attached hydrogens (tertiary/aromatic N) is 4. The first-order chi connectivity index (χ1) is 27.5. The molecule has 5 heterocycles. The predicted octanol–water partition coefficient (Wildman–Crippen LogP) is 6.56. The molecular weight excluding hydrogens is 778 g/mol. The maximum Gasteiger partial charge on any atom is 0.487 e. The molecule has 0 aliphatic carbocycles. The van der Waals surface area contributed by atoms with E-state index in [1.807, 2.05) is 24.3 Å². The fourth-order valence-corrected chi connectivity index (χ4v) is 8.62. The number of ether oxygens (including phenoxy) is 1. The van der Waals surface area contributed by atoms with E-state index in [0.29, 0.717) is 35.8 Å². The Kier molecular flexibility index (Phi) is 12.7. The van der Waals surface area contributed by atoms with Gasteiger partial charge in [0.25, 0.3) is 11.8 Å². The lowest BCUT2D eigenvalue weighted by Gasteiger charge is -2.34. The molecule has 300 valence electrons. The molecule has 13 nitrogen and oxygen atoms in total. The number of benzene rings is 2. The van der Waals surface area contributed by atoms with Crippen molar-refractivity contribution in [2.75, 3.05) is 35.6 Å². The molecule has 3 aliphatic heterocycles. The van der Waals surface area contributed by atoms with Gasteiger partial charge >= 0.3 is 5.57 Å². The maximum absolute atomic E-state index is 13.2. The number of halogens is 3. The van der Waals surface area contributed by atoms with Gasteiger partial charge in [-0.1, -0.05) is 18.9 Å². The van der Waals surface area contributed by atoms with Gasteiger partial charge in [0.15, 0.2) is 0 Å². The lowest BCUT2D eigenvalue weighted by Crippen LogP contribution is -2.52. The summed E-state index contributed by atoms with van der Waals surface area (Å²) in [7, 11) is 0. The minimum atomic E-state index is -3.83. The summed E-state index contributed by atoms with van der Waals surface area (Å²) in [6.45, 7) is 2.93. The number of unbranched alkanes of at least 4 members (excludes halogenated alkanes) is 3. The molecule has 2 aromatic heterocycles. The summed E-state index contributed by atoms with van der Waals surface area (Å²) in [5.74, 6) is 0.323. The molecule has 1 unspecified atom stereocenters. The molecule has 17 heteroatoms. The van der Waals surface area contributed by atoms with Gasteiger partial charge in [-0.2, -0.15) is 5.10 Å². The lowest BCUT2D eigenvalue weighted by molar-refractivity contribution is -0.136. The molecule has 0 spiro atoms. The minimum absolute atomic E-state index is 0.140. The molecule has 57 heavy (non-hydrogen) atoms. The number of hydrogen-bond acceptors (Lipinski definition) is 10. The fraction of sp³-hybridized carbons (Fsp3) is 0.400. The first kappa shape index (κ1) is 40.1. The summed E-state index contributed by atoms with van der Waals surface area (Å²) in [5, 5.41) is 15.9. The summed E-state index contributed by atoms with van der Waals surface area (Å²) in [5.41, 5.74) is -0.0225. The predicted molar refractivity (Wildman–Crippen MR) is 213 cm³/mol. The molecule has 0 radical (unpaired) electrons. The number of amides is 4. The maximum atomic E-state index is 13.2. The highest BCUT2D eigenvalue weighted by molar-refractivity contribution is 7.99. The van der Waals surface area contributed by atoms with Crippen LogP contribution in [0.5, 0.6) is 5.75 Å². The Bertz CT molecular complexity index is 2080. The van der Waals surface area contributed by atoms with E-state index in [2.05, 4.69) is 35.8 Å². The molecule has 4 amide bonds. The Labute approximate surface area is 337 Å². The second-order valence-electron chi connectivity index (χ2n) is 14.3. The zero-order chi connectivity index (χ0) is 39.9. The summed E-state index contributed by atoms with van der Waals surface area (Å²) in [6.07, 6.45) is 10.0. The van der Waals surface area contributed by atoms with Crippen LogP contribution in [0.2, 0.25) is 0 Å². The van der Waals surface area contributed by atoms with Crippen molar-refractivity contribution in [3.63, 3.8) is 0 Å². The third-order valence-corrected chi connectivity index (χ3v) is 11.6. The van der Waals surface area contributed by atoms with Gasteiger partial charge in [0.2, 0.25) is 11.8 Å². The number of fused-ring (bicyclic) bond motifs is 1. The number of thioether (sulfide) groups is 1. The largest absolute Gasteiger partial charge is 0.487 e. The number of aromatic amines is 1. The van der Waals surface area contributed by atoms with E-state index in [1.165, 1.54) is 30.5 Å². The zero-order valence-electron chi connectivity index (χ0n) is 31.1. The van der Waals surface area contributed by atoms with Crippen molar-refractivity contribution in [2.24, 2.45) is 0 Å². The molecule has 0 bridgehead atoms. The SMILES string of the molecule is O=C1CCC(N2Cc3c(SCCCCCCNC4CCN(c5ncc(C(=O)Nc6ccc(OC(F)(F)Cl)cc6)cc5-c5ccn[nH]5)CC4)cccc3C2=O)C(=O)N1. The Morgan fingerprint density at radius 2 is 1.79 bits per heavy atom. The monoisotopic (exact) mass is 820 g/mol. The summed E-state index contributed by atoms with van der Waals surface area (Å²) in [6, 6.07) is 14.6. The second-order valence-corrected chi connectivity index (χ2v) is 15.8. The standard InChI is InChI=1S/C40H43ClF2N8O5S/c41-40(42,43)56-28-10-8-27(9-11-28)47-37(53)25-22-30(32-14-18-46-49-32)36(45-23-25)50-19-15-26(16-20-50)44-17-3-1-2-4-21-57-34-7-5-6-29-31(34)24-51(39(29)55)33-12-13-35(52)48-38(33)54/h5-11,14,18,22-23,26,33,44H,1-4,12-13,15-17,19-21,24H2,(H,46,49)(H,47,53)(H,48,52,54). The number of imide groups is 1. The molecule has 4 N–H and O–H groups in total. The average Bonchev–Trinajstić information content (AvgIpc) is 3.85. The van der Waals surface area contributed by atoms with Crippen LogP contribution in [0.15, 0.2) is 71.9 Å². The Morgan fingerprint density at radius 1 is 1.00 bits per heavy atom. The van der Waals surface area contributed by atoms with Crippen molar-refractivity contribution in [1.29, 1.82) is 0 Å². The molecule has 7 rings (SSSR count). The van der Waals surface area contributed by atoms with Crippen LogP contribution in [0.1, 0.15) is 77.6 Å². The summed E-state index contributed by atoms with van der Waals surface area (Å²) >= 11 is 6.59. The van der Waals surface area contributed by atoms with Crippen LogP contribution in [0.3, 0.4) is 0 Å². The molecule has 0 saturated carbocycles. The highest BCUT2D eigenvalue weighted by atomic mass is 35.5. The number of alkyl halides is 3. The minimum Gasteiger partial charge on any atom is -0.420 e. The van der Waals surface area contributed by atoms with Crippen molar-refractivity contribution < 1.29 is 32.7 Å². The van der Waals surface area contributed by atoms with Crippen molar-refractivity contribution in [2.45, 2.75) is 80.5 Å². The smallest absolute Gasteiger partial charge is 0.420 e. The number of carbonyl (C=O) groups is 4. The van der Waals surface area contributed by atoms with E-state index < -0.39 is 23.4 Å². The van der Waals surface area contributed by atoms with Crippen LogP contribution in [0, 0.1) is 0 Å². The van der Waals surface area contributed by atoms with Crippen molar-refractivity contribution >= 4 is 58.5 Å². The number of carbonyl (C=O) groups excluding carboxylic acids is 4. The van der Waals surface area contributed by atoms with Gasteiger partial charge < -0.3 is 25.2 Å². The Balaban J connectivity index is 0.827. The lowest BCUT2D eigenvalue weighted by atomic mass is 10.0. The summed E-state index contributed by atoms with van der Waals surface area (Å²) < 4.78 is 30.2. The average molecular weight is 821 g/mol. The first-order valence-electron chi connectivity index (χ1n) is 19.1. The van der Waals surface area contributed by atoms with Gasteiger partial charge in [-0.25, -0.2) is 4.98 Å². The Morgan fingerprint density at radius 3 is 2.53 bits per heavy atom. The van der Waals surface area contributed by atoms with Gasteiger partial charge in [-0.3, -0.25) is 29.6 Å². The van der Waals surface area contributed by atoms with Gasteiger partial charge in [-0.05, 0) is 98.5 Å². The van der Waals surface area contributed by atoms with Crippen LogP contribution >= 0.6 is 23.4 Å². The Hall–Kier alpha value is -5.06. The van der Waals surface area contributed by atoms with Gasteiger partial charge in [0, 0.05) is 77.8 Å². The highest BCUT2D eigenvalue weighted by Gasteiger charge is 2.40. The van der Waals surface area contributed by atoms with Crippen molar-refractivity contribution in [1.82, 2.24) is 30.7 Å². The number of H-pyrrole nitrogens is 1. The normalized spacial score (nSPS) is 17.5. The van der Waals surface area contributed by atoms with E-state index in [4.69, 9.17) is 16.6 Å². The summed E-state index contributed by atoms with van der Waals surface area (Å²) in [4.78, 5) is 59.9. The number of hydrogen-bond donors (Lipinski definition) is 4. The van der Waals surface area contributed by atoms with Crippen LogP contribution in [-0.2, 0) is 16.1 Å². The number of piperidine rings is 2. The van der Waals surface area contributed by atoms with Crippen LogP contribution in [-0.4, -0.2) is 86.7 Å². The van der Waals surface area contributed by atoms with Crippen LogP contribution in [0.4, 0.5) is 20.3 Å². The number of pyridine rings is 1. The molecule has 4 aromatic rings. The van der Waals surface area contributed by atoms with Crippen LogP contribution < -0.4 is 25.6 Å². The van der Waals surface area contributed by atoms with E-state index in [1.54, 1.807) is 28.9 Å². The van der Waals surface area contributed by atoms with E-state index in [0.717, 1.165) is 91.4 Å². The highest BCUT2D eigenvalue weighted by Crippen LogP contribution is 2.35. The second kappa shape index (κ2) is 18.0. The molecule has 1 atom stereocenters. The molecule has 3 aliphatic rings. The third-order valence-electron chi connectivity index (χ3n) is 10.4. The van der Waals surface area contributed by atoms with Crippen LogP contribution in [0.25, 0.3) is 11.3 Å². The third kappa shape index (κ3) is 10.1. The molecule has 2 fully saturated rings. The van der Waals surface area contributed by atoms with Crippen molar-refractivity contribution in [3.8, 4) is 17.0 Å². The quantitative estimate of drug-likeness (QED) is 0.0422. The molecular formula is C40H43ClF2N8O5S. The zero-order valence-corrected chi connectivity index (χ0v) is 32.6. The van der Waals surface area contributed by atoms with E-state index >= 15 is 0 Å².